The average molecular weight is 262 g/mol. The molecule has 0 aliphatic carbocycles. The van der Waals surface area contributed by atoms with Gasteiger partial charge in [-0.2, -0.15) is 0 Å². The molecule has 1 saturated heterocycles. The Hall–Kier alpha value is -1.13. The highest BCUT2D eigenvalue weighted by atomic mass is 15.2. The predicted molar refractivity (Wildman–Crippen MR) is 80.5 cm³/mol. The Labute approximate surface area is 116 Å². The molecule has 0 atom stereocenters. The van der Waals surface area contributed by atoms with E-state index in [-0.39, 0.29) is 0 Å². The average Bonchev–Trinajstić information content (AvgIpc) is 2.42. The van der Waals surface area contributed by atoms with Gasteiger partial charge in [0.05, 0.1) is 0 Å². The van der Waals surface area contributed by atoms with E-state index < -0.39 is 0 Å². The van der Waals surface area contributed by atoms with Gasteiger partial charge in [-0.1, -0.05) is 6.07 Å². The lowest BCUT2D eigenvalue weighted by molar-refractivity contribution is 0.222. The third kappa shape index (κ3) is 3.91. The molecule has 1 N–H and O–H groups in total. The van der Waals surface area contributed by atoms with Gasteiger partial charge < -0.3 is 15.1 Å². The zero-order valence-electron chi connectivity index (χ0n) is 12.4. The van der Waals surface area contributed by atoms with Gasteiger partial charge in [0.2, 0.25) is 0 Å². The van der Waals surface area contributed by atoms with Crippen molar-refractivity contribution in [2.45, 2.75) is 19.4 Å². The van der Waals surface area contributed by atoms with E-state index in [0.29, 0.717) is 0 Å². The Kier molecular flexibility index (Phi) is 5.16. The lowest BCUT2D eigenvalue weighted by Crippen LogP contribution is -2.36. The van der Waals surface area contributed by atoms with Gasteiger partial charge in [-0.25, -0.2) is 4.98 Å². The molecule has 1 aromatic heterocycles. The van der Waals surface area contributed by atoms with Crippen LogP contribution in [0.3, 0.4) is 0 Å². The second-order valence-electron chi connectivity index (χ2n) is 5.64. The summed E-state index contributed by atoms with van der Waals surface area (Å²) in [6.07, 6.45) is 4.49. The number of hydrogen-bond donors (Lipinski definition) is 1. The Bertz CT molecular complexity index is 385. The zero-order valence-corrected chi connectivity index (χ0v) is 12.4. The normalized spacial score (nSPS) is 17.6. The standard InChI is InChI=1S/C15H26N4/c1-16-11-14-5-4-8-17-15(14)19(3)12-13-6-9-18(2)10-7-13/h4-5,8,13,16H,6-7,9-12H2,1-3H3. The van der Waals surface area contributed by atoms with Crippen LogP contribution in [-0.4, -0.2) is 50.7 Å². The molecular weight excluding hydrogens is 236 g/mol. The molecule has 1 aromatic rings. The topological polar surface area (TPSA) is 31.4 Å². The third-order valence-corrected chi connectivity index (χ3v) is 3.97. The van der Waals surface area contributed by atoms with Crippen molar-refractivity contribution in [1.29, 1.82) is 0 Å². The molecular formula is C15H26N4. The van der Waals surface area contributed by atoms with Crippen molar-refractivity contribution in [3.05, 3.63) is 23.9 Å². The number of likely N-dealkylation sites (tertiary alicyclic amines) is 1. The van der Waals surface area contributed by atoms with Crippen molar-refractivity contribution < 1.29 is 0 Å². The number of nitrogens with one attached hydrogen (secondary N) is 1. The van der Waals surface area contributed by atoms with Gasteiger partial charge in [-0.05, 0) is 52.0 Å². The van der Waals surface area contributed by atoms with Crippen LogP contribution in [0.2, 0.25) is 0 Å². The molecule has 4 nitrogen and oxygen atoms in total. The van der Waals surface area contributed by atoms with Crippen LogP contribution in [0.15, 0.2) is 18.3 Å². The number of nitrogens with zero attached hydrogens (tertiary/aromatic N) is 3. The van der Waals surface area contributed by atoms with Gasteiger partial charge in [0.15, 0.2) is 0 Å². The highest BCUT2D eigenvalue weighted by Crippen LogP contribution is 2.21. The summed E-state index contributed by atoms with van der Waals surface area (Å²) in [4.78, 5) is 9.30. The van der Waals surface area contributed by atoms with Crippen molar-refractivity contribution in [3.8, 4) is 0 Å². The molecule has 19 heavy (non-hydrogen) atoms. The Morgan fingerprint density at radius 2 is 2.16 bits per heavy atom. The molecule has 0 spiro atoms. The Balaban J connectivity index is 1.97. The number of aromatic nitrogens is 1. The minimum absolute atomic E-state index is 0.797. The van der Waals surface area contributed by atoms with Crippen LogP contribution >= 0.6 is 0 Å². The van der Waals surface area contributed by atoms with E-state index in [4.69, 9.17) is 0 Å². The molecule has 0 bridgehead atoms. The lowest BCUT2D eigenvalue weighted by Gasteiger charge is -2.32. The smallest absolute Gasteiger partial charge is 0.132 e. The van der Waals surface area contributed by atoms with Crippen molar-refractivity contribution in [3.63, 3.8) is 0 Å². The van der Waals surface area contributed by atoms with E-state index in [0.717, 1.165) is 24.8 Å². The molecule has 1 fully saturated rings. The number of anilines is 1. The monoisotopic (exact) mass is 262 g/mol. The van der Waals surface area contributed by atoms with Crippen LogP contribution < -0.4 is 10.2 Å². The maximum atomic E-state index is 4.55. The zero-order chi connectivity index (χ0) is 13.7. The first-order chi connectivity index (χ1) is 9.20. The molecule has 1 aliphatic rings. The van der Waals surface area contributed by atoms with Crippen molar-refractivity contribution in [2.24, 2.45) is 5.92 Å². The van der Waals surface area contributed by atoms with Crippen LogP contribution in [-0.2, 0) is 6.54 Å². The summed E-state index contributed by atoms with van der Waals surface area (Å²) in [6.45, 7) is 4.44. The predicted octanol–water partition coefficient (Wildman–Crippen LogP) is 1.58. The fourth-order valence-corrected chi connectivity index (χ4v) is 2.82. The molecule has 0 aromatic carbocycles. The molecule has 1 aliphatic heterocycles. The first kappa shape index (κ1) is 14.3. The third-order valence-electron chi connectivity index (χ3n) is 3.97. The first-order valence-electron chi connectivity index (χ1n) is 7.19. The van der Waals surface area contributed by atoms with E-state index in [1.807, 2.05) is 19.3 Å². The van der Waals surface area contributed by atoms with Gasteiger partial charge in [0.25, 0.3) is 0 Å². The molecule has 0 radical (unpaired) electrons. The summed E-state index contributed by atoms with van der Waals surface area (Å²) >= 11 is 0. The van der Waals surface area contributed by atoms with Gasteiger partial charge in [0, 0.05) is 31.9 Å². The number of piperidine rings is 1. The largest absolute Gasteiger partial charge is 0.359 e. The fraction of sp³-hybridized carbons (Fsp3) is 0.667. The van der Waals surface area contributed by atoms with Crippen LogP contribution in [0.1, 0.15) is 18.4 Å². The van der Waals surface area contributed by atoms with Gasteiger partial charge in [0.1, 0.15) is 5.82 Å². The molecule has 106 valence electrons. The molecule has 0 saturated carbocycles. The lowest BCUT2D eigenvalue weighted by atomic mass is 9.96. The van der Waals surface area contributed by atoms with E-state index in [9.17, 15) is 0 Å². The second-order valence-corrected chi connectivity index (χ2v) is 5.64. The summed E-state index contributed by atoms with van der Waals surface area (Å²) in [5, 5.41) is 3.22. The van der Waals surface area contributed by atoms with Crippen molar-refractivity contribution in [1.82, 2.24) is 15.2 Å². The van der Waals surface area contributed by atoms with Crippen LogP contribution in [0.25, 0.3) is 0 Å². The van der Waals surface area contributed by atoms with Crippen molar-refractivity contribution in [2.75, 3.05) is 45.7 Å². The van der Waals surface area contributed by atoms with Gasteiger partial charge in [-0.3, -0.25) is 0 Å². The van der Waals surface area contributed by atoms with Crippen LogP contribution in [0, 0.1) is 5.92 Å². The van der Waals surface area contributed by atoms with E-state index in [1.165, 1.54) is 31.5 Å². The molecule has 2 heterocycles. The Morgan fingerprint density at radius 1 is 1.42 bits per heavy atom. The van der Waals surface area contributed by atoms with E-state index in [2.05, 4.69) is 40.3 Å². The summed E-state index contributed by atoms with van der Waals surface area (Å²) in [5.41, 5.74) is 1.28. The second kappa shape index (κ2) is 6.87. The molecule has 0 amide bonds. The summed E-state index contributed by atoms with van der Waals surface area (Å²) in [5.74, 6) is 1.92. The van der Waals surface area contributed by atoms with E-state index >= 15 is 0 Å². The maximum Gasteiger partial charge on any atom is 0.132 e. The van der Waals surface area contributed by atoms with Crippen LogP contribution in [0.5, 0.6) is 0 Å². The summed E-state index contributed by atoms with van der Waals surface area (Å²) in [7, 11) is 6.36. The Morgan fingerprint density at radius 3 is 2.84 bits per heavy atom. The van der Waals surface area contributed by atoms with Gasteiger partial charge >= 0.3 is 0 Å². The molecule has 2 rings (SSSR count). The van der Waals surface area contributed by atoms with Crippen molar-refractivity contribution >= 4 is 5.82 Å². The number of pyridine rings is 1. The quantitative estimate of drug-likeness (QED) is 0.873. The minimum Gasteiger partial charge on any atom is -0.359 e. The van der Waals surface area contributed by atoms with Crippen LogP contribution in [0.4, 0.5) is 5.82 Å². The number of hydrogen-bond acceptors (Lipinski definition) is 4. The minimum atomic E-state index is 0.797. The number of rotatable bonds is 5. The highest BCUT2D eigenvalue weighted by Gasteiger charge is 2.19. The SMILES string of the molecule is CNCc1cccnc1N(C)CC1CCN(C)CC1. The first-order valence-corrected chi connectivity index (χ1v) is 7.19. The summed E-state index contributed by atoms with van der Waals surface area (Å²) in [6, 6.07) is 4.17. The molecule has 4 heteroatoms. The van der Waals surface area contributed by atoms with Gasteiger partial charge in [-0.15, -0.1) is 0 Å². The molecule has 0 unspecified atom stereocenters. The summed E-state index contributed by atoms with van der Waals surface area (Å²) < 4.78 is 0. The van der Waals surface area contributed by atoms with E-state index in [1.54, 1.807) is 0 Å². The fourth-order valence-electron chi connectivity index (χ4n) is 2.82. The highest BCUT2D eigenvalue weighted by molar-refractivity contribution is 5.45. The maximum absolute atomic E-state index is 4.55.